The SMILES string of the molecule is CC(C)c1cc(N2CCOCC2)cc2c1C=NC2. The van der Waals surface area contributed by atoms with Gasteiger partial charge >= 0.3 is 0 Å². The predicted molar refractivity (Wildman–Crippen MR) is 74.9 cm³/mol. The topological polar surface area (TPSA) is 24.8 Å². The van der Waals surface area contributed by atoms with Crippen LogP contribution in [-0.2, 0) is 11.3 Å². The third-order valence-corrected chi connectivity index (χ3v) is 3.76. The van der Waals surface area contributed by atoms with Crippen LogP contribution in [0.5, 0.6) is 0 Å². The van der Waals surface area contributed by atoms with Gasteiger partial charge in [0.15, 0.2) is 0 Å². The number of hydrogen-bond donors (Lipinski definition) is 0. The first-order valence-corrected chi connectivity index (χ1v) is 6.75. The third kappa shape index (κ3) is 2.03. The molecule has 0 spiro atoms. The van der Waals surface area contributed by atoms with Crippen molar-refractivity contribution in [3.8, 4) is 0 Å². The second-order valence-electron chi connectivity index (χ2n) is 5.33. The summed E-state index contributed by atoms with van der Waals surface area (Å²) in [6.07, 6.45) is 2.04. The lowest BCUT2D eigenvalue weighted by Crippen LogP contribution is -2.36. The molecule has 1 fully saturated rings. The number of hydrogen-bond acceptors (Lipinski definition) is 3. The van der Waals surface area contributed by atoms with E-state index >= 15 is 0 Å². The molecule has 0 amide bonds. The highest BCUT2D eigenvalue weighted by molar-refractivity contribution is 5.88. The number of ether oxygens (including phenoxy) is 1. The highest BCUT2D eigenvalue weighted by atomic mass is 16.5. The molecule has 0 bridgehead atoms. The van der Waals surface area contributed by atoms with E-state index in [9.17, 15) is 0 Å². The van der Waals surface area contributed by atoms with Gasteiger partial charge in [0.05, 0.1) is 19.8 Å². The Labute approximate surface area is 108 Å². The Morgan fingerprint density at radius 2 is 2.00 bits per heavy atom. The summed E-state index contributed by atoms with van der Waals surface area (Å²) >= 11 is 0. The molecule has 2 heterocycles. The first-order chi connectivity index (χ1) is 8.75. The van der Waals surface area contributed by atoms with Gasteiger partial charge in [-0.25, -0.2) is 0 Å². The molecule has 0 atom stereocenters. The first kappa shape index (κ1) is 11.7. The van der Waals surface area contributed by atoms with Crippen molar-refractivity contribution in [1.82, 2.24) is 0 Å². The number of anilines is 1. The zero-order valence-electron chi connectivity index (χ0n) is 11.1. The van der Waals surface area contributed by atoms with Crippen molar-refractivity contribution in [2.75, 3.05) is 31.2 Å². The van der Waals surface area contributed by atoms with Gasteiger partial charge in [0.25, 0.3) is 0 Å². The Hall–Kier alpha value is -1.35. The van der Waals surface area contributed by atoms with Crippen LogP contribution in [0.3, 0.4) is 0 Å². The van der Waals surface area contributed by atoms with Crippen LogP contribution in [0.15, 0.2) is 17.1 Å². The lowest BCUT2D eigenvalue weighted by Gasteiger charge is -2.30. The molecule has 18 heavy (non-hydrogen) atoms. The molecule has 0 N–H and O–H groups in total. The van der Waals surface area contributed by atoms with Crippen molar-refractivity contribution >= 4 is 11.9 Å². The molecule has 0 unspecified atom stereocenters. The number of benzene rings is 1. The van der Waals surface area contributed by atoms with Gasteiger partial charge in [-0.05, 0) is 29.2 Å². The van der Waals surface area contributed by atoms with E-state index < -0.39 is 0 Å². The maximum Gasteiger partial charge on any atom is 0.0647 e. The van der Waals surface area contributed by atoms with E-state index in [1.165, 1.54) is 22.4 Å². The molecule has 1 aromatic rings. The standard InChI is InChI=1S/C15H20N2O/c1-11(2)14-8-13(17-3-5-18-6-4-17)7-12-9-16-10-15(12)14/h7-8,10-11H,3-6,9H2,1-2H3. The van der Waals surface area contributed by atoms with E-state index in [2.05, 4.69) is 35.9 Å². The fraction of sp³-hybridized carbons (Fsp3) is 0.533. The van der Waals surface area contributed by atoms with Crippen LogP contribution >= 0.6 is 0 Å². The lowest BCUT2D eigenvalue weighted by atomic mass is 9.93. The lowest BCUT2D eigenvalue weighted by molar-refractivity contribution is 0.122. The van der Waals surface area contributed by atoms with Crippen LogP contribution < -0.4 is 4.90 Å². The van der Waals surface area contributed by atoms with Crippen molar-refractivity contribution in [1.29, 1.82) is 0 Å². The summed E-state index contributed by atoms with van der Waals surface area (Å²) in [7, 11) is 0. The van der Waals surface area contributed by atoms with Crippen LogP contribution in [0.2, 0.25) is 0 Å². The molecule has 0 aliphatic carbocycles. The van der Waals surface area contributed by atoms with Crippen molar-refractivity contribution in [3.63, 3.8) is 0 Å². The molecule has 3 rings (SSSR count). The first-order valence-electron chi connectivity index (χ1n) is 6.75. The predicted octanol–water partition coefficient (Wildman–Crippen LogP) is 2.58. The molecule has 96 valence electrons. The molecule has 3 nitrogen and oxygen atoms in total. The molecule has 3 heteroatoms. The minimum atomic E-state index is 0.546. The van der Waals surface area contributed by atoms with Gasteiger partial charge in [0, 0.05) is 30.6 Å². The molecule has 0 radical (unpaired) electrons. The summed E-state index contributed by atoms with van der Waals surface area (Å²) in [4.78, 5) is 6.84. The van der Waals surface area contributed by atoms with Crippen LogP contribution in [0, 0.1) is 0 Å². The number of aliphatic imine (C=N–C) groups is 1. The molecular formula is C15H20N2O. The van der Waals surface area contributed by atoms with Crippen molar-refractivity contribution in [2.45, 2.75) is 26.3 Å². The number of nitrogens with zero attached hydrogens (tertiary/aromatic N) is 2. The average molecular weight is 244 g/mol. The van der Waals surface area contributed by atoms with Crippen LogP contribution in [0.4, 0.5) is 5.69 Å². The number of fused-ring (bicyclic) bond motifs is 1. The van der Waals surface area contributed by atoms with E-state index in [-0.39, 0.29) is 0 Å². The molecule has 0 aromatic heterocycles. The molecule has 1 aromatic carbocycles. The van der Waals surface area contributed by atoms with Crippen molar-refractivity contribution in [3.05, 3.63) is 28.8 Å². The monoisotopic (exact) mass is 244 g/mol. The van der Waals surface area contributed by atoms with Crippen molar-refractivity contribution < 1.29 is 4.74 Å². The minimum Gasteiger partial charge on any atom is -0.378 e. The molecule has 1 saturated heterocycles. The molecule has 0 saturated carbocycles. The smallest absolute Gasteiger partial charge is 0.0647 e. The Balaban J connectivity index is 1.99. The number of rotatable bonds is 2. The second kappa shape index (κ2) is 4.73. The Morgan fingerprint density at radius 1 is 1.22 bits per heavy atom. The van der Waals surface area contributed by atoms with Gasteiger partial charge in [-0.2, -0.15) is 0 Å². The van der Waals surface area contributed by atoms with Gasteiger partial charge in [0.1, 0.15) is 0 Å². The van der Waals surface area contributed by atoms with E-state index in [0.29, 0.717) is 5.92 Å². The fourth-order valence-electron chi connectivity index (χ4n) is 2.73. The summed E-state index contributed by atoms with van der Waals surface area (Å²) in [5, 5.41) is 0. The van der Waals surface area contributed by atoms with E-state index in [1.54, 1.807) is 0 Å². The third-order valence-electron chi connectivity index (χ3n) is 3.76. The Bertz CT molecular complexity index is 474. The molecule has 2 aliphatic rings. The fourth-order valence-corrected chi connectivity index (χ4v) is 2.73. The summed E-state index contributed by atoms with van der Waals surface area (Å²) in [5.74, 6) is 0.546. The van der Waals surface area contributed by atoms with Gasteiger partial charge in [0.2, 0.25) is 0 Å². The average Bonchev–Trinajstić information content (AvgIpc) is 2.86. The van der Waals surface area contributed by atoms with Crippen LogP contribution in [-0.4, -0.2) is 32.5 Å². The zero-order valence-corrected chi connectivity index (χ0v) is 11.1. The highest BCUT2D eigenvalue weighted by Crippen LogP contribution is 2.31. The second-order valence-corrected chi connectivity index (χ2v) is 5.33. The van der Waals surface area contributed by atoms with E-state index in [0.717, 1.165) is 32.8 Å². The molecular weight excluding hydrogens is 224 g/mol. The molecule has 2 aliphatic heterocycles. The Kier molecular flexibility index (Phi) is 3.08. The summed E-state index contributed by atoms with van der Waals surface area (Å²) < 4.78 is 5.43. The van der Waals surface area contributed by atoms with E-state index in [1.807, 2.05) is 6.21 Å². The minimum absolute atomic E-state index is 0.546. The summed E-state index contributed by atoms with van der Waals surface area (Å²) in [6, 6.07) is 4.64. The number of morpholine rings is 1. The van der Waals surface area contributed by atoms with Crippen molar-refractivity contribution in [2.24, 2.45) is 4.99 Å². The normalized spacial score (nSPS) is 18.5. The maximum absolute atomic E-state index is 5.43. The summed E-state index contributed by atoms with van der Waals surface area (Å²) in [5.41, 5.74) is 5.49. The van der Waals surface area contributed by atoms with Crippen LogP contribution in [0.1, 0.15) is 36.5 Å². The summed E-state index contributed by atoms with van der Waals surface area (Å²) in [6.45, 7) is 9.02. The van der Waals surface area contributed by atoms with Gasteiger partial charge in [-0.3, -0.25) is 4.99 Å². The largest absolute Gasteiger partial charge is 0.378 e. The quantitative estimate of drug-likeness (QED) is 0.798. The van der Waals surface area contributed by atoms with Gasteiger partial charge in [-0.15, -0.1) is 0 Å². The maximum atomic E-state index is 5.43. The van der Waals surface area contributed by atoms with Crippen LogP contribution in [0.25, 0.3) is 0 Å². The zero-order chi connectivity index (χ0) is 12.5. The Morgan fingerprint density at radius 3 is 2.72 bits per heavy atom. The van der Waals surface area contributed by atoms with E-state index in [4.69, 9.17) is 4.74 Å². The van der Waals surface area contributed by atoms with Gasteiger partial charge < -0.3 is 9.64 Å². The highest BCUT2D eigenvalue weighted by Gasteiger charge is 2.18. The van der Waals surface area contributed by atoms with Gasteiger partial charge in [-0.1, -0.05) is 13.8 Å².